The third-order valence-electron chi connectivity index (χ3n) is 6.61. The van der Waals surface area contributed by atoms with Gasteiger partial charge < -0.3 is 26.6 Å². The summed E-state index contributed by atoms with van der Waals surface area (Å²) in [6, 6.07) is 8.19. The number of rotatable bonds is 8. The van der Waals surface area contributed by atoms with Gasteiger partial charge in [-0.25, -0.2) is 4.39 Å². The Morgan fingerprint density at radius 3 is 2.53 bits per heavy atom. The number of amides is 1. The fourth-order valence-corrected chi connectivity index (χ4v) is 5.72. The summed E-state index contributed by atoms with van der Waals surface area (Å²) in [5.74, 6) is -1.96. The van der Waals surface area contributed by atoms with Crippen LogP contribution in [0.25, 0.3) is 0 Å². The molecule has 5 atom stereocenters. The van der Waals surface area contributed by atoms with Crippen molar-refractivity contribution in [3.8, 4) is 0 Å². The van der Waals surface area contributed by atoms with Gasteiger partial charge in [-0.1, -0.05) is 73.8 Å². The van der Waals surface area contributed by atoms with E-state index in [2.05, 4.69) is 31.4 Å². The van der Waals surface area contributed by atoms with Crippen molar-refractivity contribution in [1.29, 1.82) is 0 Å². The van der Waals surface area contributed by atoms with Crippen LogP contribution in [0.5, 0.6) is 0 Å². The van der Waals surface area contributed by atoms with E-state index in [9.17, 15) is 9.90 Å². The lowest BCUT2D eigenvalue weighted by Crippen LogP contribution is -2.52. The van der Waals surface area contributed by atoms with E-state index in [0.29, 0.717) is 22.0 Å². The summed E-state index contributed by atoms with van der Waals surface area (Å²) in [5, 5.41) is 25.5. The van der Waals surface area contributed by atoms with Crippen LogP contribution in [0, 0.1) is 11.2 Å². The average molecular weight is 561 g/mol. The Hall–Kier alpha value is -1.45. The van der Waals surface area contributed by atoms with Gasteiger partial charge in [-0.15, -0.1) is 0 Å². The molecule has 0 aliphatic carbocycles. The molecule has 1 aliphatic heterocycles. The Balaban J connectivity index is 2.17. The van der Waals surface area contributed by atoms with Crippen molar-refractivity contribution >= 4 is 40.7 Å². The number of aliphatic hydroxyl groups is 2. The third-order valence-corrected chi connectivity index (χ3v) is 7.45. The average Bonchev–Trinajstić information content (AvgIpc) is 3.06. The minimum atomic E-state index is -1.31. The predicted molar refractivity (Wildman–Crippen MR) is 142 cm³/mol. The van der Waals surface area contributed by atoms with Gasteiger partial charge >= 0.3 is 0 Å². The van der Waals surface area contributed by atoms with Crippen LogP contribution in [-0.2, 0) is 10.3 Å². The summed E-state index contributed by atoms with van der Waals surface area (Å²) < 4.78 is 15.5. The highest BCUT2D eigenvalue weighted by molar-refractivity contribution is 6.35. The van der Waals surface area contributed by atoms with Crippen LogP contribution in [-0.4, -0.2) is 47.5 Å². The number of aliphatic hydroxyl groups excluding tert-OH is 2. The molecule has 1 saturated heterocycles. The third kappa shape index (κ3) is 6.16. The van der Waals surface area contributed by atoms with Gasteiger partial charge in [0.1, 0.15) is 5.82 Å². The first kappa shape index (κ1) is 29.1. The van der Waals surface area contributed by atoms with Crippen LogP contribution in [0.4, 0.5) is 4.39 Å². The van der Waals surface area contributed by atoms with Gasteiger partial charge in [0, 0.05) is 28.5 Å². The van der Waals surface area contributed by atoms with E-state index in [1.165, 1.54) is 6.07 Å². The maximum absolute atomic E-state index is 15.5. The van der Waals surface area contributed by atoms with E-state index in [1.807, 2.05) is 0 Å². The molecule has 0 aromatic heterocycles. The highest BCUT2D eigenvalue weighted by atomic mass is 35.5. The van der Waals surface area contributed by atoms with E-state index in [1.54, 1.807) is 30.3 Å². The van der Waals surface area contributed by atoms with Crippen molar-refractivity contribution < 1.29 is 19.4 Å². The molecule has 0 saturated carbocycles. The maximum Gasteiger partial charge on any atom is 0.237 e. The number of carbonyl (C=O) groups excluding carboxylic acids is 1. The van der Waals surface area contributed by atoms with Gasteiger partial charge in [-0.3, -0.25) is 4.79 Å². The molecule has 0 unspecified atom stereocenters. The van der Waals surface area contributed by atoms with Gasteiger partial charge in [0.05, 0.1) is 29.3 Å². The first-order chi connectivity index (χ1) is 16.8. The zero-order valence-corrected chi connectivity index (χ0v) is 22.8. The molecule has 1 fully saturated rings. The summed E-state index contributed by atoms with van der Waals surface area (Å²) in [7, 11) is 0. The Kier molecular flexibility index (Phi) is 9.31. The Labute approximate surface area is 226 Å². The normalized spacial score (nSPS) is 25.1. The zero-order chi connectivity index (χ0) is 26.8. The predicted octanol–water partition coefficient (Wildman–Crippen LogP) is 4.36. The maximum atomic E-state index is 15.5. The molecule has 36 heavy (non-hydrogen) atoms. The highest BCUT2D eigenvalue weighted by Crippen LogP contribution is 2.50. The summed E-state index contributed by atoms with van der Waals surface area (Å²) in [5.41, 5.74) is 6.46. The van der Waals surface area contributed by atoms with E-state index in [4.69, 9.17) is 45.6 Å². The Morgan fingerprint density at radius 1 is 1.22 bits per heavy atom. The van der Waals surface area contributed by atoms with Crippen molar-refractivity contribution in [2.75, 3.05) is 13.2 Å². The van der Waals surface area contributed by atoms with Gasteiger partial charge in [-0.2, -0.15) is 0 Å². The van der Waals surface area contributed by atoms with Crippen LogP contribution < -0.4 is 16.4 Å². The number of nitrogens with two attached hydrogens (primary N) is 1. The highest BCUT2D eigenvalue weighted by Gasteiger charge is 2.58. The molecular formula is C26H33Cl3FN3O3. The molecule has 198 valence electrons. The zero-order valence-electron chi connectivity index (χ0n) is 20.5. The number of halogens is 4. The van der Waals surface area contributed by atoms with Crippen molar-refractivity contribution in [2.45, 2.75) is 63.3 Å². The molecule has 0 bridgehead atoms. The molecule has 0 radical (unpaired) electrons. The smallest absolute Gasteiger partial charge is 0.237 e. The van der Waals surface area contributed by atoms with Crippen LogP contribution >= 0.6 is 34.8 Å². The summed E-state index contributed by atoms with van der Waals surface area (Å²) in [6.45, 7) is 5.86. The summed E-state index contributed by atoms with van der Waals surface area (Å²) in [4.78, 5) is 13.5. The number of hydrogen-bond acceptors (Lipinski definition) is 5. The molecule has 0 spiro atoms. The van der Waals surface area contributed by atoms with Crippen molar-refractivity contribution in [2.24, 2.45) is 11.1 Å². The van der Waals surface area contributed by atoms with Gasteiger partial charge in [0.25, 0.3) is 0 Å². The largest absolute Gasteiger partial charge is 0.394 e. The molecule has 1 heterocycles. The molecule has 2 aromatic carbocycles. The number of hydrogen-bond donors (Lipinski definition) is 5. The molecule has 10 heteroatoms. The number of carbonyl (C=O) groups is 1. The molecule has 6 nitrogen and oxygen atoms in total. The van der Waals surface area contributed by atoms with Crippen molar-refractivity contribution in [3.63, 3.8) is 0 Å². The number of benzene rings is 2. The van der Waals surface area contributed by atoms with Gasteiger partial charge in [0.2, 0.25) is 5.91 Å². The lowest BCUT2D eigenvalue weighted by Gasteiger charge is -2.40. The Bertz CT molecular complexity index is 1100. The Morgan fingerprint density at radius 2 is 1.92 bits per heavy atom. The van der Waals surface area contributed by atoms with E-state index in [0.717, 1.165) is 0 Å². The molecule has 2 aromatic rings. The van der Waals surface area contributed by atoms with Gasteiger partial charge in [-0.05, 0) is 47.6 Å². The van der Waals surface area contributed by atoms with Crippen molar-refractivity contribution in [1.82, 2.24) is 10.6 Å². The fraction of sp³-hybridized carbons (Fsp3) is 0.500. The molecular weight excluding hydrogens is 528 g/mol. The minimum Gasteiger partial charge on any atom is -0.394 e. The van der Waals surface area contributed by atoms with E-state index in [-0.39, 0.29) is 29.0 Å². The molecule has 3 rings (SSSR count). The quantitative estimate of drug-likeness (QED) is 0.330. The van der Waals surface area contributed by atoms with Crippen LogP contribution in [0.1, 0.15) is 50.7 Å². The second kappa shape index (κ2) is 11.5. The standard InChI is InChI=1S/C26H33Cl3FN3O3/c1-25(2,3)12-20-26(31,17-8-7-14(27)11-19(17)29)21(16-5-4-6-18(28)22(16)30)23(33-20)24(36)32-10-9-15(35)13-34/h4-8,11,15,20-21,23,33-35H,9-10,12-13,31H2,1-3H3,(H,32,36)/t15-,20-,21-,23+,26+/m0/s1. The van der Waals surface area contributed by atoms with E-state index >= 15 is 4.39 Å². The second-order valence-corrected chi connectivity index (χ2v) is 11.8. The van der Waals surface area contributed by atoms with Crippen LogP contribution in [0.3, 0.4) is 0 Å². The lowest BCUT2D eigenvalue weighted by atomic mass is 9.68. The first-order valence-electron chi connectivity index (χ1n) is 11.8. The molecule has 1 aliphatic rings. The van der Waals surface area contributed by atoms with Crippen molar-refractivity contribution in [3.05, 3.63) is 68.4 Å². The van der Waals surface area contributed by atoms with Crippen LogP contribution in [0.15, 0.2) is 36.4 Å². The minimum absolute atomic E-state index is 0.0819. The summed E-state index contributed by atoms with van der Waals surface area (Å²) in [6.07, 6.45) is -0.250. The second-order valence-electron chi connectivity index (χ2n) is 10.6. The van der Waals surface area contributed by atoms with E-state index < -0.39 is 48.0 Å². The SMILES string of the molecule is CC(C)(C)C[C@@H]1N[C@@H](C(=O)NCC[C@H](O)CO)[C@H](c2cccc(Cl)c2F)[C@@]1(N)c1ccc(Cl)cc1Cl. The van der Waals surface area contributed by atoms with Crippen LogP contribution in [0.2, 0.25) is 15.1 Å². The molecule has 1 amide bonds. The first-order valence-corrected chi connectivity index (χ1v) is 12.9. The monoisotopic (exact) mass is 559 g/mol. The summed E-state index contributed by atoms with van der Waals surface area (Å²) >= 11 is 19.0. The van der Waals surface area contributed by atoms with Gasteiger partial charge in [0.15, 0.2) is 0 Å². The lowest BCUT2D eigenvalue weighted by molar-refractivity contribution is -0.123. The molecule has 6 N–H and O–H groups in total. The topological polar surface area (TPSA) is 108 Å². The fourth-order valence-electron chi connectivity index (χ4n) is 4.97. The number of nitrogens with one attached hydrogen (secondary N) is 2.